The molecule has 0 saturated heterocycles. The number of para-hydroxylation sites is 1. The number of hydrogen-bond donors (Lipinski definition) is 1. The van der Waals surface area contributed by atoms with Crippen molar-refractivity contribution in [3.63, 3.8) is 0 Å². The third kappa shape index (κ3) is 3.66. The van der Waals surface area contributed by atoms with E-state index in [0.29, 0.717) is 0 Å². The van der Waals surface area contributed by atoms with Crippen LogP contribution in [0.5, 0.6) is 0 Å². The van der Waals surface area contributed by atoms with E-state index >= 15 is 0 Å². The Hall–Kier alpha value is -5.41. The van der Waals surface area contributed by atoms with Gasteiger partial charge in [0.2, 0.25) is 0 Å². The third-order valence-corrected chi connectivity index (χ3v) is 9.62. The third-order valence-electron chi connectivity index (χ3n) is 9.62. The molecule has 5 aromatic carbocycles. The summed E-state index contributed by atoms with van der Waals surface area (Å²) in [7, 11) is 0. The van der Waals surface area contributed by atoms with Crippen LogP contribution in [0.2, 0.25) is 0 Å². The van der Waals surface area contributed by atoms with Crippen molar-refractivity contribution in [1.29, 1.82) is 0 Å². The lowest BCUT2D eigenvalue weighted by Gasteiger charge is -2.26. The maximum atomic E-state index is 5.27. The van der Waals surface area contributed by atoms with Gasteiger partial charge in [0.25, 0.3) is 0 Å². The molecule has 210 valence electrons. The van der Waals surface area contributed by atoms with Crippen LogP contribution in [-0.2, 0) is 5.41 Å². The van der Waals surface area contributed by atoms with E-state index in [9.17, 15) is 0 Å². The van der Waals surface area contributed by atoms with Crippen molar-refractivity contribution in [2.24, 2.45) is 0 Å². The van der Waals surface area contributed by atoms with E-state index in [1.807, 2.05) is 0 Å². The van der Waals surface area contributed by atoms with Gasteiger partial charge in [0.1, 0.15) is 5.82 Å². The molecule has 2 aromatic heterocycles. The molecular weight excluding hydrogens is 534 g/mol. The Morgan fingerprint density at radius 3 is 2.32 bits per heavy atom. The van der Waals surface area contributed by atoms with Crippen LogP contribution in [0.25, 0.3) is 60.9 Å². The second-order valence-electron chi connectivity index (χ2n) is 12.5. The summed E-state index contributed by atoms with van der Waals surface area (Å²) in [5, 5.41) is 8.74. The molecule has 0 bridgehead atoms. The molecule has 9 rings (SSSR count). The minimum Gasteiger partial charge on any atom is -0.380 e. The molecule has 0 saturated carbocycles. The number of hydrogen-bond acceptors (Lipinski definition) is 2. The highest BCUT2D eigenvalue weighted by Crippen LogP contribution is 2.48. The summed E-state index contributed by atoms with van der Waals surface area (Å²) in [5.41, 5.74) is 12.3. The van der Waals surface area contributed by atoms with Gasteiger partial charge in [-0.05, 0) is 69.4 Å². The molecule has 0 spiro atoms. The van der Waals surface area contributed by atoms with Crippen LogP contribution in [0, 0.1) is 0 Å². The Balaban J connectivity index is 1.15. The lowest BCUT2D eigenvalue weighted by molar-refractivity contribution is 0.651. The van der Waals surface area contributed by atoms with Gasteiger partial charge in [0, 0.05) is 39.6 Å². The van der Waals surface area contributed by atoms with Crippen molar-refractivity contribution in [1.82, 2.24) is 14.9 Å². The van der Waals surface area contributed by atoms with Gasteiger partial charge >= 0.3 is 0 Å². The summed E-state index contributed by atoms with van der Waals surface area (Å²) in [6.45, 7) is 5.46. The summed E-state index contributed by atoms with van der Waals surface area (Å²) in [4.78, 5) is 5.27. The van der Waals surface area contributed by atoms with Gasteiger partial charge in [0.15, 0.2) is 0 Å². The highest BCUT2D eigenvalue weighted by Gasteiger charge is 2.38. The smallest absolute Gasteiger partial charge is 0.138 e. The van der Waals surface area contributed by atoms with Crippen LogP contribution in [0.15, 0.2) is 139 Å². The Morgan fingerprint density at radius 2 is 1.41 bits per heavy atom. The maximum Gasteiger partial charge on any atom is 0.138 e. The molecule has 0 amide bonds. The number of benzene rings is 5. The number of allylic oxidation sites excluding steroid dienone is 2. The molecule has 1 N–H and O–H groups in total. The Labute approximate surface area is 256 Å². The summed E-state index contributed by atoms with van der Waals surface area (Å²) >= 11 is 0. The standard InChI is InChI=1S/C41H31N3/c1-41(2)34-17-7-5-16-32(34)40-35(41)23-30(25-42-40)26-13-9-14-29(21-26)36-18-10-20-39(43-36)44-37-19-8-6-15-31(37)33-22-27-11-3-4-12-28(27)24-38(33)44/h3-24,42H,25H2,1-2H3. The van der Waals surface area contributed by atoms with Crippen LogP contribution >= 0.6 is 0 Å². The van der Waals surface area contributed by atoms with Crippen LogP contribution in [-0.4, -0.2) is 16.1 Å². The van der Waals surface area contributed by atoms with E-state index in [0.717, 1.165) is 23.6 Å². The van der Waals surface area contributed by atoms with E-state index in [-0.39, 0.29) is 5.41 Å². The fourth-order valence-corrected chi connectivity index (χ4v) is 7.37. The first-order valence-electron chi connectivity index (χ1n) is 15.4. The minimum atomic E-state index is -0.0360. The SMILES string of the molecule is CC1(C)C2=C(NCC(c3cccc(-c4cccc(-n5c6ccccc6c6cc7ccccc7cc65)n4)c3)=C2)c2ccccc21. The van der Waals surface area contributed by atoms with Crippen molar-refractivity contribution in [2.45, 2.75) is 19.3 Å². The molecule has 3 heteroatoms. The number of nitrogens with one attached hydrogen (secondary N) is 1. The van der Waals surface area contributed by atoms with Gasteiger partial charge < -0.3 is 5.32 Å². The molecule has 7 aromatic rings. The summed E-state index contributed by atoms with van der Waals surface area (Å²) < 4.78 is 2.31. The van der Waals surface area contributed by atoms with E-state index in [4.69, 9.17) is 4.98 Å². The molecule has 0 radical (unpaired) electrons. The Bertz CT molecular complexity index is 2370. The fraction of sp³-hybridized carbons (Fsp3) is 0.0976. The predicted octanol–water partition coefficient (Wildman–Crippen LogP) is 9.69. The maximum absolute atomic E-state index is 5.27. The molecular formula is C41H31N3. The van der Waals surface area contributed by atoms with Crippen LogP contribution in [0.4, 0.5) is 0 Å². The zero-order valence-electron chi connectivity index (χ0n) is 24.8. The lowest BCUT2D eigenvalue weighted by Crippen LogP contribution is -2.23. The van der Waals surface area contributed by atoms with Crippen LogP contribution in [0.1, 0.15) is 30.5 Å². The second-order valence-corrected chi connectivity index (χ2v) is 12.5. The quantitative estimate of drug-likeness (QED) is 0.231. The topological polar surface area (TPSA) is 29.9 Å². The number of nitrogens with zero attached hydrogens (tertiary/aromatic N) is 2. The van der Waals surface area contributed by atoms with E-state index in [2.05, 4.69) is 157 Å². The van der Waals surface area contributed by atoms with Gasteiger partial charge in [-0.25, -0.2) is 4.98 Å². The van der Waals surface area contributed by atoms with Crippen molar-refractivity contribution < 1.29 is 0 Å². The van der Waals surface area contributed by atoms with Crippen molar-refractivity contribution in [2.75, 3.05) is 6.54 Å². The second kappa shape index (κ2) is 9.29. The predicted molar refractivity (Wildman–Crippen MR) is 184 cm³/mol. The monoisotopic (exact) mass is 565 g/mol. The number of fused-ring (bicyclic) bond motifs is 6. The van der Waals surface area contributed by atoms with E-state index < -0.39 is 0 Å². The number of pyridine rings is 1. The highest BCUT2D eigenvalue weighted by atomic mass is 15.1. The zero-order chi connectivity index (χ0) is 29.4. The average Bonchev–Trinajstić information content (AvgIpc) is 3.51. The molecule has 0 fully saturated rings. The van der Waals surface area contributed by atoms with Crippen LogP contribution < -0.4 is 5.32 Å². The van der Waals surface area contributed by atoms with Gasteiger partial charge in [-0.1, -0.05) is 111 Å². The van der Waals surface area contributed by atoms with Gasteiger partial charge in [-0.2, -0.15) is 0 Å². The zero-order valence-corrected chi connectivity index (χ0v) is 24.8. The van der Waals surface area contributed by atoms with Gasteiger partial charge in [0.05, 0.1) is 16.7 Å². The molecule has 1 aliphatic heterocycles. The van der Waals surface area contributed by atoms with Crippen molar-refractivity contribution in [3.8, 4) is 17.1 Å². The highest BCUT2D eigenvalue weighted by molar-refractivity contribution is 6.13. The molecule has 3 heterocycles. The first-order valence-corrected chi connectivity index (χ1v) is 15.4. The molecule has 2 aliphatic rings. The van der Waals surface area contributed by atoms with Gasteiger partial charge in [-0.15, -0.1) is 0 Å². The van der Waals surface area contributed by atoms with Crippen molar-refractivity contribution in [3.05, 3.63) is 156 Å². The molecule has 3 nitrogen and oxygen atoms in total. The average molecular weight is 566 g/mol. The Morgan fingerprint density at radius 1 is 0.659 bits per heavy atom. The lowest BCUT2D eigenvalue weighted by atomic mass is 9.80. The molecule has 0 atom stereocenters. The summed E-state index contributed by atoms with van der Waals surface area (Å²) in [5.74, 6) is 0.924. The van der Waals surface area contributed by atoms with E-state index in [1.165, 1.54) is 66.1 Å². The molecule has 1 aliphatic carbocycles. The first-order chi connectivity index (χ1) is 21.6. The summed E-state index contributed by atoms with van der Waals surface area (Å²) in [6, 6.07) is 45.9. The van der Waals surface area contributed by atoms with Gasteiger partial charge in [-0.3, -0.25) is 4.57 Å². The first kappa shape index (κ1) is 25.1. The van der Waals surface area contributed by atoms with Crippen molar-refractivity contribution >= 4 is 43.8 Å². The van der Waals surface area contributed by atoms with E-state index in [1.54, 1.807) is 0 Å². The number of dihydropyridines is 1. The van der Waals surface area contributed by atoms with Crippen LogP contribution in [0.3, 0.4) is 0 Å². The largest absolute Gasteiger partial charge is 0.380 e. The number of aromatic nitrogens is 2. The fourth-order valence-electron chi connectivity index (χ4n) is 7.37. The summed E-state index contributed by atoms with van der Waals surface area (Å²) in [6.07, 6.45) is 2.41. The minimum absolute atomic E-state index is 0.0360. The molecule has 44 heavy (non-hydrogen) atoms. The molecule has 0 unspecified atom stereocenters. The normalized spacial score (nSPS) is 15.4. The number of rotatable bonds is 3. The Kier molecular flexibility index (Phi) is 5.31.